The van der Waals surface area contributed by atoms with E-state index in [1.54, 1.807) is 0 Å². The summed E-state index contributed by atoms with van der Waals surface area (Å²) in [6.45, 7) is 3.16. The number of halogens is 1. The van der Waals surface area contributed by atoms with Crippen LogP contribution >= 0.6 is 35.7 Å². The zero-order valence-corrected chi connectivity index (χ0v) is 17.6. The molecular weight excluding hydrogens is 431 g/mol. The molecule has 24 heavy (non-hydrogen) atoms. The molecule has 1 heterocycles. The summed E-state index contributed by atoms with van der Waals surface area (Å²) in [5.41, 5.74) is 2.65. The van der Waals surface area contributed by atoms with Gasteiger partial charge < -0.3 is 15.5 Å². The lowest BCUT2D eigenvalue weighted by Gasteiger charge is -2.28. The molecule has 1 aromatic rings. The van der Waals surface area contributed by atoms with Crippen molar-refractivity contribution in [1.82, 2.24) is 10.6 Å². The lowest BCUT2D eigenvalue weighted by Crippen LogP contribution is -2.41. The van der Waals surface area contributed by atoms with Gasteiger partial charge in [-0.25, -0.2) is 0 Å². The maximum Gasteiger partial charge on any atom is 0.191 e. The molecule has 1 aliphatic heterocycles. The fraction of sp³-hybridized carbons (Fsp3) is 0.611. The second-order valence-corrected chi connectivity index (χ2v) is 7.54. The maximum absolute atomic E-state index is 4.34. The van der Waals surface area contributed by atoms with Gasteiger partial charge >= 0.3 is 0 Å². The van der Waals surface area contributed by atoms with Gasteiger partial charge in [0, 0.05) is 49.9 Å². The highest BCUT2D eigenvalue weighted by Crippen LogP contribution is 2.20. The van der Waals surface area contributed by atoms with Crippen molar-refractivity contribution in [3.63, 3.8) is 0 Å². The Morgan fingerprint density at radius 2 is 1.83 bits per heavy atom. The summed E-state index contributed by atoms with van der Waals surface area (Å²) < 4.78 is 0. The van der Waals surface area contributed by atoms with Gasteiger partial charge in [0.25, 0.3) is 0 Å². The first-order valence-electron chi connectivity index (χ1n) is 8.74. The summed E-state index contributed by atoms with van der Waals surface area (Å²) in [6.07, 6.45) is 5.21. The molecule has 6 heteroatoms. The van der Waals surface area contributed by atoms with Crippen LogP contribution in [-0.2, 0) is 6.54 Å². The van der Waals surface area contributed by atoms with E-state index in [4.69, 9.17) is 0 Å². The molecule has 0 spiro atoms. The number of guanidine groups is 1. The summed E-state index contributed by atoms with van der Waals surface area (Å²) in [6, 6.07) is 9.56. The Hall–Kier alpha value is -0.630. The normalized spacial score (nSPS) is 19.0. The Balaban J connectivity index is 0.00000208. The summed E-state index contributed by atoms with van der Waals surface area (Å²) in [4.78, 5) is 6.82. The predicted octanol–water partition coefficient (Wildman–Crippen LogP) is 3.47. The van der Waals surface area contributed by atoms with Crippen LogP contribution in [0, 0.1) is 0 Å². The van der Waals surface area contributed by atoms with Crippen molar-refractivity contribution < 1.29 is 0 Å². The summed E-state index contributed by atoms with van der Waals surface area (Å²) in [5, 5.41) is 6.96. The van der Waals surface area contributed by atoms with Crippen molar-refractivity contribution in [2.45, 2.75) is 38.3 Å². The van der Waals surface area contributed by atoms with Gasteiger partial charge in [0.05, 0.1) is 0 Å². The van der Waals surface area contributed by atoms with Gasteiger partial charge in [0.1, 0.15) is 0 Å². The number of benzene rings is 1. The molecule has 2 fully saturated rings. The number of rotatable bonds is 4. The van der Waals surface area contributed by atoms with Crippen molar-refractivity contribution in [1.29, 1.82) is 0 Å². The van der Waals surface area contributed by atoms with Gasteiger partial charge in [-0.3, -0.25) is 4.99 Å². The van der Waals surface area contributed by atoms with E-state index in [-0.39, 0.29) is 24.0 Å². The van der Waals surface area contributed by atoms with Crippen LogP contribution in [0.3, 0.4) is 0 Å². The number of thioether (sulfide) groups is 1. The van der Waals surface area contributed by atoms with Crippen molar-refractivity contribution >= 4 is 47.4 Å². The molecular formula is C18H29IN4S. The maximum atomic E-state index is 4.34. The number of anilines is 1. The molecule has 1 aliphatic carbocycles. The standard InChI is InChI=1S/C18H28N4S.HI/c1-19-18(21-16-4-2-3-5-16)20-14-15-6-8-17(9-7-15)22-10-12-23-13-11-22;/h6-9,16H,2-5,10-14H2,1H3,(H2,19,20,21);1H. The molecule has 1 aromatic carbocycles. The number of hydrogen-bond acceptors (Lipinski definition) is 3. The minimum absolute atomic E-state index is 0. The van der Waals surface area contributed by atoms with Crippen LogP contribution in [0.2, 0.25) is 0 Å². The molecule has 1 saturated heterocycles. The molecule has 2 aliphatic rings. The van der Waals surface area contributed by atoms with E-state index >= 15 is 0 Å². The molecule has 0 bridgehead atoms. The summed E-state index contributed by atoms with van der Waals surface area (Å²) in [7, 11) is 1.85. The Morgan fingerprint density at radius 3 is 2.46 bits per heavy atom. The minimum atomic E-state index is 0. The number of nitrogens with zero attached hydrogens (tertiary/aromatic N) is 2. The Morgan fingerprint density at radius 1 is 1.17 bits per heavy atom. The first-order chi connectivity index (χ1) is 11.3. The second kappa shape index (κ2) is 10.4. The largest absolute Gasteiger partial charge is 0.370 e. The van der Waals surface area contributed by atoms with Crippen LogP contribution in [0.25, 0.3) is 0 Å². The first kappa shape index (κ1) is 19.7. The molecule has 2 N–H and O–H groups in total. The Kier molecular flexibility index (Phi) is 8.52. The van der Waals surface area contributed by atoms with Crippen LogP contribution in [-0.4, -0.2) is 43.6 Å². The van der Waals surface area contributed by atoms with Gasteiger partial charge in [-0.2, -0.15) is 11.8 Å². The van der Waals surface area contributed by atoms with E-state index < -0.39 is 0 Å². The average molecular weight is 460 g/mol. The third kappa shape index (κ3) is 5.72. The van der Waals surface area contributed by atoms with Gasteiger partial charge in [-0.1, -0.05) is 25.0 Å². The predicted molar refractivity (Wildman–Crippen MR) is 117 cm³/mol. The molecule has 0 atom stereocenters. The van der Waals surface area contributed by atoms with E-state index in [9.17, 15) is 0 Å². The lowest BCUT2D eigenvalue weighted by molar-refractivity contribution is 0.613. The Labute approximate surface area is 167 Å². The highest BCUT2D eigenvalue weighted by Gasteiger charge is 2.15. The van der Waals surface area contributed by atoms with E-state index in [0.29, 0.717) is 6.04 Å². The minimum Gasteiger partial charge on any atom is -0.370 e. The highest BCUT2D eigenvalue weighted by atomic mass is 127. The summed E-state index contributed by atoms with van der Waals surface area (Å²) >= 11 is 2.05. The monoisotopic (exact) mass is 460 g/mol. The Bertz CT molecular complexity index is 508. The van der Waals surface area contributed by atoms with E-state index in [0.717, 1.165) is 12.5 Å². The number of nitrogens with one attached hydrogen (secondary N) is 2. The average Bonchev–Trinajstić information content (AvgIpc) is 3.13. The van der Waals surface area contributed by atoms with Crippen LogP contribution < -0.4 is 15.5 Å². The van der Waals surface area contributed by atoms with Gasteiger partial charge in [0.15, 0.2) is 5.96 Å². The van der Waals surface area contributed by atoms with Crippen molar-refractivity contribution in [2.24, 2.45) is 4.99 Å². The third-order valence-corrected chi connectivity index (χ3v) is 5.63. The zero-order valence-electron chi connectivity index (χ0n) is 14.5. The molecule has 1 saturated carbocycles. The molecule has 4 nitrogen and oxygen atoms in total. The number of hydrogen-bond donors (Lipinski definition) is 2. The fourth-order valence-electron chi connectivity index (χ4n) is 3.29. The van der Waals surface area contributed by atoms with Crippen molar-refractivity contribution in [3.05, 3.63) is 29.8 Å². The zero-order chi connectivity index (χ0) is 15.9. The van der Waals surface area contributed by atoms with E-state index in [1.165, 1.54) is 61.5 Å². The second-order valence-electron chi connectivity index (χ2n) is 6.32. The van der Waals surface area contributed by atoms with Gasteiger partial charge in [-0.15, -0.1) is 24.0 Å². The molecule has 0 aromatic heterocycles. The smallest absolute Gasteiger partial charge is 0.191 e. The molecule has 0 radical (unpaired) electrons. The van der Waals surface area contributed by atoms with Crippen LogP contribution in [0.4, 0.5) is 5.69 Å². The molecule has 3 rings (SSSR count). The fourth-order valence-corrected chi connectivity index (χ4v) is 4.19. The van der Waals surface area contributed by atoms with Gasteiger partial charge in [0.2, 0.25) is 0 Å². The van der Waals surface area contributed by atoms with Crippen LogP contribution in [0.1, 0.15) is 31.2 Å². The molecule has 134 valence electrons. The highest BCUT2D eigenvalue weighted by molar-refractivity contribution is 14.0. The molecule has 0 amide bonds. The van der Waals surface area contributed by atoms with Crippen molar-refractivity contribution in [3.8, 4) is 0 Å². The van der Waals surface area contributed by atoms with Crippen LogP contribution in [0.5, 0.6) is 0 Å². The SMILES string of the molecule is CN=C(NCc1ccc(N2CCSCC2)cc1)NC1CCCC1.I. The molecule has 0 unspecified atom stereocenters. The topological polar surface area (TPSA) is 39.7 Å². The summed E-state index contributed by atoms with van der Waals surface area (Å²) in [5.74, 6) is 3.41. The van der Waals surface area contributed by atoms with Crippen molar-refractivity contribution in [2.75, 3.05) is 36.5 Å². The van der Waals surface area contributed by atoms with E-state index in [1.807, 2.05) is 7.05 Å². The third-order valence-electron chi connectivity index (χ3n) is 4.69. The lowest BCUT2D eigenvalue weighted by atomic mass is 10.2. The first-order valence-corrected chi connectivity index (χ1v) is 9.89. The van der Waals surface area contributed by atoms with Gasteiger partial charge in [-0.05, 0) is 30.5 Å². The number of aliphatic imine (C=N–C) groups is 1. The van der Waals surface area contributed by atoms with Crippen LogP contribution in [0.15, 0.2) is 29.3 Å². The van der Waals surface area contributed by atoms with E-state index in [2.05, 4.69) is 56.6 Å². The quantitative estimate of drug-likeness (QED) is 0.410.